The molecule has 0 aromatic rings. The third-order valence-electron chi connectivity index (χ3n) is 2.96. The summed E-state index contributed by atoms with van der Waals surface area (Å²) in [6, 6.07) is 0. The van der Waals surface area contributed by atoms with Crippen molar-refractivity contribution < 1.29 is 9.90 Å². The number of carboxylic acid groups (broad SMARTS) is 1. The second kappa shape index (κ2) is 9.44. The number of rotatable bonds is 9. The Kier molecular flexibility index (Phi) is 8.97. The molecule has 0 aliphatic heterocycles. The van der Waals surface area contributed by atoms with Gasteiger partial charge in [-0.2, -0.15) is 0 Å². The van der Waals surface area contributed by atoms with Crippen LogP contribution in [0, 0.1) is 0 Å². The Hall–Kier alpha value is -0.790. The quantitative estimate of drug-likeness (QED) is 0.462. The van der Waals surface area contributed by atoms with Gasteiger partial charge in [0.2, 0.25) is 0 Å². The first-order chi connectivity index (χ1) is 7.63. The first kappa shape index (κ1) is 15.2. The molecule has 0 fully saturated rings. The Balaban J connectivity index is 4.23. The fraction of sp³-hybridized carbons (Fsp3) is 0.786. The van der Waals surface area contributed by atoms with E-state index in [-0.39, 0.29) is 0 Å². The molecule has 0 unspecified atom stereocenters. The van der Waals surface area contributed by atoms with Crippen LogP contribution in [-0.2, 0) is 4.79 Å². The van der Waals surface area contributed by atoms with Crippen molar-refractivity contribution >= 4 is 5.97 Å². The van der Waals surface area contributed by atoms with Crippen molar-refractivity contribution in [3.63, 3.8) is 0 Å². The molecule has 2 heteroatoms. The molecule has 0 saturated carbocycles. The van der Waals surface area contributed by atoms with Crippen LogP contribution in [0.5, 0.6) is 0 Å². The van der Waals surface area contributed by atoms with Gasteiger partial charge in [-0.3, -0.25) is 0 Å². The molecule has 0 heterocycles. The standard InChI is InChI=1S/C14H26O2/c1-4-6-8-10-12(3)13(14(15)16)11-9-7-5-2/h4-11H2,1-3H3,(H,15,16). The van der Waals surface area contributed by atoms with Crippen molar-refractivity contribution in [3.8, 4) is 0 Å². The number of hydrogen-bond donors (Lipinski definition) is 1. The van der Waals surface area contributed by atoms with Crippen LogP contribution < -0.4 is 0 Å². The van der Waals surface area contributed by atoms with Gasteiger partial charge >= 0.3 is 5.97 Å². The van der Waals surface area contributed by atoms with E-state index in [4.69, 9.17) is 5.11 Å². The summed E-state index contributed by atoms with van der Waals surface area (Å²) in [6.07, 6.45) is 8.45. The zero-order valence-corrected chi connectivity index (χ0v) is 11.0. The highest BCUT2D eigenvalue weighted by molar-refractivity contribution is 5.87. The number of carbonyl (C=O) groups is 1. The summed E-state index contributed by atoms with van der Waals surface area (Å²) in [7, 11) is 0. The van der Waals surface area contributed by atoms with Crippen LogP contribution in [0.1, 0.15) is 72.1 Å². The maximum Gasteiger partial charge on any atom is 0.331 e. The van der Waals surface area contributed by atoms with Crippen LogP contribution >= 0.6 is 0 Å². The first-order valence-corrected chi connectivity index (χ1v) is 6.55. The van der Waals surface area contributed by atoms with Gasteiger partial charge in [0.05, 0.1) is 0 Å². The molecule has 94 valence electrons. The van der Waals surface area contributed by atoms with Gasteiger partial charge in [0.25, 0.3) is 0 Å². The van der Waals surface area contributed by atoms with Crippen LogP contribution in [0.15, 0.2) is 11.1 Å². The van der Waals surface area contributed by atoms with Gasteiger partial charge in [-0.15, -0.1) is 0 Å². The Bertz CT molecular complexity index is 229. The molecule has 0 spiro atoms. The van der Waals surface area contributed by atoms with Crippen LogP contribution in [0.2, 0.25) is 0 Å². The van der Waals surface area contributed by atoms with Gasteiger partial charge in [-0.25, -0.2) is 4.79 Å². The van der Waals surface area contributed by atoms with E-state index in [2.05, 4.69) is 13.8 Å². The normalized spacial score (nSPS) is 12.4. The third kappa shape index (κ3) is 6.65. The molecule has 1 N–H and O–H groups in total. The zero-order valence-electron chi connectivity index (χ0n) is 11.0. The van der Waals surface area contributed by atoms with Crippen LogP contribution in [0.3, 0.4) is 0 Å². The van der Waals surface area contributed by atoms with Crippen molar-refractivity contribution in [2.24, 2.45) is 0 Å². The van der Waals surface area contributed by atoms with Gasteiger partial charge in [-0.1, -0.05) is 45.1 Å². The maximum absolute atomic E-state index is 11.1. The van der Waals surface area contributed by atoms with E-state index in [1.54, 1.807) is 0 Å². The summed E-state index contributed by atoms with van der Waals surface area (Å²) < 4.78 is 0. The van der Waals surface area contributed by atoms with Crippen molar-refractivity contribution in [3.05, 3.63) is 11.1 Å². The van der Waals surface area contributed by atoms with Crippen molar-refractivity contribution in [2.45, 2.75) is 72.1 Å². The van der Waals surface area contributed by atoms with Crippen LogP contribution in [0.4, 0.5) is 0 Å². The maximum atomic E-state index is 11.1. The highest BCUT2D eigenvalue weighted by Crippen LogP contribution is 2.18. The molecular weight excluding hydrogens is 200 g/mol. The molecule has 0 saturated heterocycles. The lowest BCUT2D eigenvalue weighted by molar-refractivity contribution is -0.132. The molecule has 16 heavy (non-hydrogen) atoms. The number of carboxylic acids is 1. The van der Waals surface area contributed by atoms with Crippen molar-refractivity contribution in [1.29, 1.82) is 0 Å². The summed E-state index contributed by atoms with van der Waals surface area (Å²) >= 11 is 0. The van der Waals surface area contributed by atoms with Crippen LogP contribution in [0.25, 0.3) is 0 Å². The average Bonchev–Trinajstić information content (AvgIpc) is 2.24. The van der Waals surface area contributed by atoms with Gasteiger partial charge in [0.1, 0.15) is 0 Å². The number of allylic oxidation sites excluding steroid dienone is 1. The largest absolute Gasteiger partial charge is 0.478 e. The highest BCUT2D eigenvalue weighted by Gasteiger charge is 2.10. The predicted octanol–water partition coefficient (Wildman–Crippen LogP) is 4.55. The lowest BCUT2D eigenvalue weighted by Gasteiger charge is -2.08. The Morgan fingerprint density at radius 3 is 1.88 bits per heavy atom. The van der Waals surface area contributed by atoms with E-state index in [1.165, 1.54) is 12.8 Å². The van der Waals surface area contributed by atoms with E-state index in [0.717, 1.165) is 44.1 Å². The molecule has 0 aromatic carbocycles. The fourth-order valence-corrected chi connectivity index (χ4v) is 1.85. The average molecular weight is 226 g/mol. The summed E-state index contributed by atoms with van der Waals surface area (Å²) in [5.74, 6) is -0.717. The molecule has 0 rings (SSSR count). The van der Waals surface area contributed by atoms with Gasteiger partial charge in [0, 0.05) is 5.57 Å². The monoisotopic (exact) mass is 226 g/mol. The first-order valence-electron chi connectivity index (χ1n) is 6.55. The summed E-state index contributed by atoms with van der Waals surface area (Å²) in [4.78, 5) is 11.1. The lowest BCUT2D eigenvalue weighted by Crippen LogP contribution is -2.04. The molecular formula is C14H26O2. The topological polar surface area (TPSA) is 37.3 Å². The molecule has 0 radical (unpaired) electrons. The molecule has 2 nitrogen and oxygen atoms in total. The molecule has 0 aromatic heterocycles. The molecule has 0 atom stereocenters. The van der Waals surface area contributed by atoms with Crippen LogP contribution in [-0.4, -0.2) is 11.1 Å². The van der Waals surface area contributed by atoms with Crippen molar-refractivity contribution in [2.75, 3.05) is 0 Å². The second-order valence-corrected chi connectivity index (χ2v) is 4.48. The molecule has 0 bridgehead atoms. The Morgan fingerprint density at radius 2 is 1.44 bits per heavy atom. The van der Waals surface area contributed by atoms with Gasteiger partial charge in [-0.05, 0) is 32.6 Å². The zero-order chi connectivity index (χ0) is 12.4. The molecule has 0 aliphatic carbocycles. The van der Waals surface area contributed by atoms with E-state index in [9.17, 15) is 4.79 Å². The minimum atomic E-state index is -0.717. The summed E-state index contributed by atoms with van der Waals surface area (Å²) in [5, 5.41) is 9.14. The minimum Gasteiger partial charge on any atom is -0.478 e. The lowest BCUT2D eigenvalue weighted by atomic mass is 9.98. The van der Waals surface area contributed by atoms with E-state index in [0.29, 0.717) is 5.57 Å². The minimum absolute atomic E-state index is 0.657. The van der Waals surface area contributed by atoms with Crippen molar-refractivity contribution in [1.82, 2.24) is 0 Å². The number of hydrogen-bond acceptors (Lipinski definition) is 1. The Morgan fingerprint density at radius 1 is 0.938 bits per heavy atom. The third-order valence-corrected chi connectivity index (χ3v) is 2.96. The SMILES string of the molecule is CCCCCC(C)=C(CCCCC)C(=O)O. The number of unbranched alkanes of at least 4 members (excludes halogenated alkanes) is 4. The molecule has 0 amide bonds. The fourth-order valence-electron chi connectivity index (χ4n) is 1.85. The summed E-state index contributed by atoms with van der Waals surface area (Å²) in [5.41, 5.74) is 1.74. The Labute approximate surface area is 99.7 Å². The summed E-state index contributed by atoms with van der Waals surface area (Å²) in [6.45, 7) is 6.28. The number of aliphatic carboxylic acids is 1. The predicted molar refractivity (Wildman–Crippen MR) is 68.6 cm³/mol. The smallest absolute Gasteiger partial charge is 0.331 e. The van der Waals surface area contributed by atoms with E-state index >= 15 is 0 Å². The van der Waals surface area contributed by atoms with E-state index < -0.39 is 5.97 Å². The van der Waals surface area contributed by atoms with Gasteiger partial charge < -0.3 is 5.11 Å². The second-order valence-electron chi connectivity index (χ2n) is 4.48. The molecule has 0 aliphatic rings. The van der Waals surface area contributed by atoms with Gasteiger partial charge in [0.15, 0.2) is 0 Å². The van der Waals surface area contributed by atoms with E-state index in [1.807, 2.05) is 6.92 Å². The highest BCUT2D eigenvalue weighted by atomic mass is 16.4.